The van der Waals surface area contributed by atoms with Crippen LogP contribution in [0.1, 0.15) is 35.1 Å². The van der Waals surface area contributed by atoms with Crippen LogP contribution in [0.2, 0.25) is 0 Å². The SMILES string of the molecule is CON=C1CC(c2ccco2)Cc2nc(N)nc(C)c21. The molecule has 2 aromatic rings. The summed E-state index contributed by atoms with van der Waals surface area (Å²) in [5.41, 5.74) is 9.27. The van der Waals surface area contributed by atoms with E-state index in [0.29, 0.717) is 0 Å². The third-order valence-corrected chi connectivity index (χ3v) is 3.50. The summed E-state index contributed by atoms with van der Waals surface area (Å²) in [6, 6.07) is 3.86. The maximum Gasteiger partial charge on any atom is 0.220 e. The van der Waals surface area contributed by atoms with Crippen LogP contribution in [0.5, 0.6) is 0 Å². The van der Waals surface area contributed by atoms with E-state index in [1.54, 1.807) is 6.26 Å². The first-order valence-corrected chi connectivity index (χ1v) is 6.45. The number of nitrogen functional groups attached to an aromatic ring is 1. The number of nitrogens with zero attached hydrogens (tertiary/aromatic N) is 3. The molecular weight excluding hydrogens is 256 g/mol. The highest BCUT2D eigenvalue weighted by atomic mass is 16.6. The third kappa shape index (κ3) is 2.13. The lowest BCUT2D eigenvalue weighted by Gasteiger charge is -2.24. The van der Waals surface area contributed by atoms with Gasteiger partial charge in [0.05, 0.1) is 23.4 Å². The maximum absolute atomic E-state index is 5.75. The minimum Gasteiger partial charge on any atom is -0.469 e. The normalized spacial score (nSPS) is 19.9. The van der Waals surface area contributed by atoms with Gasteiger partial charge in [0.2, 0.25) is 5.95 Å². The van der Waals surface area contributed by atoms with Crippen LogP contribution in [0.15, 0.2) is 28.0 Å². The molecule has 2 N–H and O–H groups in total. The van der Waals surface area contributed by atoms with E-state index in [0.717, 1.165) is 41.3 Å². The molecule has 6 nitrogen and oxygen atoms in total. The van der Waals surface area contributed by atoms with E-state index in [4.69, 9.17) is 15.0 Å². The van der Waals surface area contributed by atoms with Gasteiger partial charge in [-0.1, -0.05) is 5.16 Å². The molecule has 1 aliphatic carbocycles. The van der Waals surface area contributed by atoms with E-state index in [2.05, 4.69) is 15.1 Å². The van der Waals surface area contributed by atoms with Crippen LogP contribution in [-0.2, 0) is 11.3 Å². The van der Waals surface area contributed by atoms with Gasteiger partial charge in [0.1, 0.15) is 12.9 Å². The molecule has 0 radical (unpaired) electrons. The highest BCUT2D eigenvalue weighted by Gasteiger charge is 2.30. The van der Waals surface area contributed by atoms with E-state index < -0.39 is 0 Å². The van der Waals surface area contributed by atoms with Crippen molar-refractivity contribution in [1.82, 2.24) is 9.97 Å². The molecule has 2 heterocycles. The third-order valence-electron chi connectivity index (χ3n) is 3.50. The summed E-state index contributed by atoms with van der Waals surface area (Å²) in [4.78, 5) is 13.5. The summed E-state index contributed by atoms with van der Waals surface area (Å²) < 4.78 is 5.50. The molecule has 2 aromatic heterocycles. The van der Waals surface area contributed by atoms with Gasteiger partial charge in [-0.25, -0.2) is 9.97 Å². The Morgan fingerprint density at radius 3 is 2.95 bits per heavy atom. The van der Waals surface area contributed by atoms with Gasteiger partial charge < -0.3 is 15.0 Å². The molecule has 0 aromatic carbocycles. The first-order valence-electron chi connectivity index (χ1n) is 6.45. The van der Waals surface area contributed by atoms with Gasteiger partial charge >= 0.3 is 0 Å². The van der Waals surface area contributed by atoms with Crippen molar-refractivity contribution in [3.05, 3.63) is 41.1 Å². The van der Waals surface area contributed by atoms with E-state index in [-0.39, 0.29) is 11.9 Å². The Kier molecular flexibility index (Phi) is 3.14. The summed E-state index contributed by atoms with van der Waals surface area (Å²) >= 11 is 0. The Morgan fingerprint density at radius 1 is 1.40 bits per heavy atom. The smallest absolute Gasteiger partial charge is 0.220 e. The number of hydrogen-bond acceptors (Lipinski definition) is 6. The lowest BCUT2D eigenvalue weighted by atomic mass is 9.83. The summed E-state index contributed by atoms with van der Waals surface area (Å²) in [5.74, 6) is 1.41. The largest absolute Gasteiger partial charge is 0.469 e. The summed E-state index contributed by atoms with van der Waals surface area (Å²) in [7, 11) is 1.54. The van der Waals surface area contributed by atoms with E-state index in [9.17, 15) is 0 Å². The number of oxime groups is 1. The predicted molar refractivity (Wildman–Crippen MR) is 74.5 cm³/mol. The Balaban J connectivity index is 2.08. The fraction of sp³-hybridized carbons (Fsp3) is 0.357. The number of fused-ring (bicyclic) bond motifs is 1. The molecule has 0 saturated carbocycles. The van der Waals surface area contributed by atoms with Crippen molar-refractivity contribution in [2.75, 3.05) is 12.8 Å². The average Bonchev–Trinajstić information content (AvgIpc) is 2.91. The second kappa shape index (κ2) is 4.96. The number of hydrogen-bond donors (Lipinski definition) is 1. The van der Waals surface area contributed by atoms with Crippen molar-refractivity contribution in [1.29, 1.82) is 0 Å². The Labute approximate surface area is 116 Å². The van der Waals surface area contributed by atoms with Crippen molar-refractivity contribution < 1.29 is 9.25 Å². The van der Waals surface area contributed by atoms with Crippen LogP contribution in [0.3, 0.4) is 0 Å². The van der Waals surface area contributed by atoms with Crippen molar-refractivity contribution in [2.45, 2.75) is 25.7 Å². The molecule has 1 atom stereocenters. The van der Waals surface area contributed by atoms with E-state index in [1.165, 1.54) is 7.11 Å². The van der Waals surface area contributed by atoms with Gasteiger partial charge in [-0.15, -0.1) is 0 Å². The standard InChI is InChI=1S/C14H16N4O2/c1-8-13-10(17-14(15)16-8)6-9(7-11(13)18-19-2)12-4-3-5-20-12/h3-5,9H,6-7H2,1-2H3,(H2,15,16,17). The molecule has 0 saturated heterocycles. The fourth-order valence-corrected chi connectivity index (χ4v) is 2.74. The minimum atomic E-state index is 0.195. The van der Waals surface area contributed by atoms with Crippen LogP contribution < -0.4 is 5.73 Å². The number of aryl methyl sites for hydroxylation is 1. The Hall–Kier alpha value is -2.37. The van der Waals surface area contributed by atoms with Gasteiger partial charge in [0.15, 0.2) is 0 Å². The molecule has 0 bridgehead atoms. The molecule has 1 aliphatic rings. The molecule has 0 spiro atoms. The summed E-state index contributed by atoms with van der Waals surface area (Å²) in [6.07, 6.45) is 3.18. The fourth-order valence-electron chi connectivity index (χ4n) is 2.74. The Bertz CT molecular complexity index is 649. The number of aromatic nitrogens is 2. The van der Waals surface area contributed by atoms with E-state index in [1.807, 2.05) is 19.1 Å². The molecule has 3 rings (SSSR count). The zero-order valence-corrected chi connectivity index (χ0v) is 11.5. The average molecular weight is 272 g/mol. The van der Waals surface area contributed by atoms with Gasteiger partial charge in [-0.05, 0) is 19.1 Å². The molecule has 0 amide bonds. The van der Waals surface area contributed by atoms with Gasteiger partial charge in [-0.3, -0.25) is 0 Å². The maximum atomic E-state index is 5.75. The predicted octanol–water partition coefficient (Wildman–Crippen LogP) is 2.04. The monoisotopic (exact) mass is 272 g/mol. The highest BCUT2D eigenvalue weighted by Crippen LogP contribution is 2.33. The van der Waals surface area contributed by atoms with Crippen molar-refractivity contribution in [2.24, 2.45) is 5.16 Å². The van der Waals surface area contributed by atoms with Gasteiger partial charge in [-0.2, -0.15) is 0 Å². The molecule has 0 fully saturated rings. The molecule has 0 aliphatic heterocycles. The highest BCUT2D eigenvalue weighted by molar-refractivity contribution is 6.03. The first kappa shape index (κ1) is 12.7. The molecular formula is C14H16N4O2. The van der Waals surface area contributed by atoms with Crippen LogP contribution in [-0.4, -0.2) is 22.8 Å². The first-order chi connectivity index (χ1) is 9.69. The quantitative estimate of drug-likeness (QED) is 0.845. The summed E-state index contributed by atoms with van der Waals surface area (Å²) in [5, 5.41) is 4.13. The lowest BCUT2D eigenvalue weighted by Crippen LogP contribution is -2.23. The minimum absolute atomic E-state index is 0.195. The van der Waals surface area contributed by atoms with Gasteiger partial charge in [0, 0.05) is 24.3 Å². The van der Waals surface area contributed by atoms with Crippen LogP contribution in [0, 0.1) is 6.92 Å². The second-order valence-corrected chi connectivity index (χ2v) is 4.83. The Morgan fingerprint density at radius 2 is 2.25 bits per heavy atom. The van der Waals surface area contributed by atoms with Crippen molar-refractivity contribution in [3.8, 4) is 0 Å². The van der Waals surface area contributed by atoms with Crippen LogP contribution in [0.4, 0.5) is 5.95 Å². The number of rotatable bonds is 2. The molecule has 1 unspecified atom stereocenters. The van der Waals surface area contributed by atoms with Crippen molar-refractivity contribution >= 4 is 11.7 Å². The zero-order valence-electron chi connectivity index (χ0n) is 11.5. The lowest BCUT2D eigenvalue weighted by molar-refractivity contribution is 0.212. The number of anilines is 1. The van der Waals surface area contributed by atoms with Crippen LogP contribution in [0.25, 0.3) is 0 Å². The van der Waals surface area contributed by atoms with E-state index >= 15 is 0 Å². The summed E-state index contributed by atoms with van der Waals surface area (Å²) in [6.45, 7) is 1.91. The topological polar surface area (TPSA) is 86.5 Å². The zero-order chi connectivity index (χ0) is 14.1. The van der Waals surface area contributed by atoms with Gasteiger partial charge in [0.25, 0.3) is 0 Å². The van der Waals surface area contributed by atoms with Crippen LogP contribution >= 0.6 is 0 Å². The second-order valence-electron chi connectivity index (χ2n) is 4.83. The molecule has 104 valence electrons. The van der Waals surface area contributed by atoms with Crippen molar-refractivity contribution in [3.63, 3.8) is 0 Å². The molecule has 6 heteroatoms. The number of furan rings is 1. The molecule has 20 heavy (non-hydrogen) atoms. The number of nitrogens with two attached hydrogens (primary N) is 1.